The highest BCUT2D eigenvalue weighted by atomic mass is 16.6. The molecule has 0 N–H and O–H groups in total. The third-order valence-corrected chi connectivity index (χ3v) is 7.07. The number of rotatable bonds is 6. The molecular formula is C26H34N4O5. The summed E-state index contributed by atoms with van der Waals surface area (Å²) < 4.78 is 18.8. The quantitative estimate of drug-likeness (QED) is 0.578. The van der Waals surface area contributed by atoms with E-state index in [0.29, 0.717) is 52.6 Å². The number of Topliss-reactive ketones (excluding diaryl/α,β-unsaturated/α-hetero) is 1. The summed E-state index contributed by atoms with van der Waals surface area (Å²) in [5, 5.41) is 0. The molecule has 3 aliphatic heterocycles. The van der Waals surface area contributed by atoms with Crippen LogP contribution in [0.1, 0.15) is 21.7 Å². The molecule has 9 heteroatoms. The molecule has 0 unspecified atom stereocenters. The molecule has 0 bridgehead atoms. The van der Waals surface area contributed by atoms with Crippen molar-refractivity contribution in [2.45, 2.75) is 13.8 Å². The molecule has 0 saturated carbocycles. The minimum absolute atomic E-state index is 0.125. The monoisotopic (exact) mass is 482 g/mol. The number of fused-ring (bicyclic) bond motifs is 1. The van der Waals surface area contributed by atoms with Gasteiger partial charge in [0.15, 0.2) is 17.3 Å². The lowest BCUT2D eigenvalue weighted by Crippen LogP contribution is -2.52. The minimum Gasteiger partial charge on any atom is -0.486 e. The first kappa shape index (κ1) is 23.8. The molecule has 2 fully saturated rings. The highest BCUT2D eigenvalue weighted by Crippen LogP contribution is 2.33. The molecular weight excluding hydrogens is 448 g/mol. The van der Waals surface area contributed by atoms with Crippen LogP contribution in [0.5, 0.6) is 11.5 Å². The summed E-state index contributed by atoms with van der Waals surface area (Å²) in [5.74, 6) is 1.78. The van der Waals surface area contributed by atoms with Crippen molar-refractivity contribution < 1.29 is 23.8 Å². The molecule has 0 radical (unpaired) electrons. The summed E-state index contributed by atoms with van der Waals surface area (Å²) in [4.78, 5) is 32.0. The highest BCUT2D eigenvalue weighted by Gasteiger charge is 2.25. The fraction of sp³-hybridized carbons (Fsp3) is 0.538. The lowest BCUT2D eigenvalue weighted by Gasteiger charge is -2.35. The average molecular weight is 483 g/mol. The Bertz CT molecular complexity index is 1080. The van der Waals surface area contributed by atoms with Crippen LogP contribution < -0.4 is 9.47 Å². The molecule has 1 amide bonds. The fourth-order valence-corrected chi connectivity index (χ4v) is 5.11. The van der Waals surface area contributed by atoms with Gasteiger partial charge in [-0.15, -0.1) is 0 Å². The van der Waals surface area contributed by atoms with Gasteiger partial charge in [0.2, 0.25) is 5.91 Å². The molecule has 1 aromatic carbocycles. The summed E-state index contributed by atoms with van der Waals surface area (Å²) in [6.07, 6.45) is 0. The number of aryl methyl sites for hydroxylation is 1. The first-order valence-corrected chi connectivity index (χ1v) is 12.4. The van der Waals surface area contributed by atoms with Crippen molar-refractivity contribution in [1.82, 2.24) is 19.3 Å². The minimum atomic E-state index is 0.125. The second-order valence-electron chi connectivity index (χ2n) is 9.42. The van der Waals surface area contributed by atoms with Gasteiger partial charge in [0.05, 0.1) is 26.3 Å². The van der Waals surface area contributed by atoms with Crippen LogP contribution in [0.15, 0.2) is 24.3 Å². The zero-order chi connectivity index (χ0) is 24.4. The van der Waals surface area contributed by atoms with Crippen molar-refractivity contribution in [1.29, 1.82) is 0 Å². The van der Waals surface area contributed by atoms with E-state index in [4.69, 9.17) is 14.2 Å². The maximum absolute atomic E-state index is 13.2. The van der Waals surface area contributed by atoms with E-state index in [2.05, 4.69) is 14.4 Å². The molecule has 3 aliphatic rings. The molecule has 5 rings (SSSR count). The highest BCUT2D eigenvalue weighted by molar-refractivity contribution is 5.99. The van der Waals surface area contributed by atoms with Crippen molar-refractivity contribution in [3.8, 4) is 17.2 Å². The molecule has 4 heterocycles. The number of ketones is 1. The van der Waals surface area contributed by atoms with Gasteiger partial charge >= 0.3 is 0 Å². The van der Waals surface area contributed by atoms with E-state index in [1.807, 2.05) is 43.0 Å². The SMILES string of the molecule is Cc1cc(C(=O)CN2CCN(CC(=O)N3CCOCC3)CC2)c(C)n1-c1ccc2c(c1)OCCO2. The predicted octanol–water partition coefficient (Wildman–Crippen LogP) is 1.52. The van der Waals surface area contributed by atoms with Gasteiger partial charge in [0, 0.05) is 68.0 Å². The van der Waals surface area contributed by atoms with Crippen molar-refractivity contribution >= 4 is 11.7 Å². The zero-order valence-corrected chi connectivity index (χ0v) is 20.6. The number of aromatic nitrogens is 1. The van der Waals surface area contributed by atoms with Crippen LogP contribution >= 0.6 is 0 Å². The van der Waals surface area contributed by atoms with Crippen LogP contribution in [-0.2, 0) is 9.53 Å². The largest absolute Gasteiger partial charge is 0.486 e. The van der Waals surface area contributed by atoms with Crippen LogP contribution in [0.25, 0.3) is 5.69 Å². The Labute approximate surface area is 206 Å². The van der Waals surface area contributed by atoms with E-state index >= 15 is 0 Å². The van der Waals surface area contributed by atoms with Crippen molar-refractivity contribution in [2.24, 2.45) is 0 Å². The van der Waals surface area contributed by atoms with Crippen LogP contribution in [-0.4, -0.2) is 110 Å². The fourth-order valence-electron chi connectivity index (χ4n) is 5.11. The number of piperazine rings is 1. The lowest BCUT2D eigenvalue weighted by atomic mass is 10.1. The van der Waals surface area contributed by atoms with E-state index in [0.717, 1.165) is 60.3 Å². The summed E-state index contributed by atoms with van der Waals surface area (Å²) in [7, 11) is 0. The van der Waals surface area contributed by atoms with Gasteiger partial charge in [0.25, 0.3) is 0 Å². The van der Waals surface area contributed by atoms with Crippen LogP contribution in [0.3, 0.4) is 0 Å². The number of amides is 1. The first-order chi connectivity index (χ1) is 17.0. The molecule has 9 nitrogen and oxygen atoms in total. The topological polar surface area (TPSA) is 76.5 Å². The summed E-state index contributed by atoms with van der Waals surface area (Å²) >= 11 is 0. The molecule has 0 atom stereocenters. The number of morpholine rings is 1. The van der Waals surface area contributed by atoms with Crippen molar-refractivity contribution in [2.75, 3.05) is 78.8 Å². The average Bonchev–Trinajstić information content (AvgIpc) is 3.19. The van der Waals surface area contributed by atoms with Gasteiger partial charge in [-0.1, -0.05) is 0 Å². The van der Waals surface area contributed by atoms with E-state index in [1.54, 1.807) is 0 Å². The Morgan fingerprint density at radius 3 is 2.17 bits per heavy atom. The number of benzene rings is 1. The normalized spacial score (nSPS) is 19.1. The van der Waals surface area contributed by atoms with E-state index in [9.17, 15) is 9.59 Å². The summed E-state index contributed by atoms with van der Waals surface area (Å²) in [6.45, 7) is 11.7. The van der Waals surface area contributed by atoms with Crippen LogP contribution in [0.4, 0.5) is 0 Å². The summed E-state index contributed by atoms with van der Waals surface area (Å²) in [6, 6.07) is 7.87. The first-order valence-electron chi connectivity index (χ1n) is 12.4. The van der Waals surface area contributed by atoms with Gasteiger partial charge in [-0.25, -0.2) is 0 Å². The second-order valence-corrected chi connectivity index (χ2v) is 9.42. The Hall–Kier alpha value is -2.88. The Morgan fingerprint density at radius 1 is 0.800 bits per heavy atom. The van der Waals surface area contributed by atoms with Crippen molar-refractivity contribution in [3.05, 3.63) is 41.2 Å². The smallest absolute Gasteiger partial charge is 0.236 e. The van der Waals surface area contributed by atoms with E-state index < -0.39 is 0 Å². The predicted molar refractivity (Wildman–Crippen MR) is 131 cm³/mol. The molecule has 0 spiro atoms. The van der Waals surface area contributed by atoms with E-state index in [1.165, 1.54) is 0 Å². The maximum Gasteiger partial charge on any atom is 0.236 e. The molecule has 35 heavy (non-hydrogen) atoms. The number of carbonyl (C=O) groups is 2. The lowest BCUT2D eigenvalue weighted by molar-refractivity contribution is -0.136. The molecule has 2 aromatic rings. The molecule has 1 aromatic heterocycles. The van der Waals surface area contributed by atoms with Crippen LogP contribution in [0, 0.1) is 13.8 Å². The van der Waals surface area contributed by atoms with Gasteiger partial charge in [0.1, 0.15) is 13.2 Å². The maximum atomic E-state index is 13.2. The number of ether oxygens (including phenoxy) is 3. The van der Waals surface area contributed by atoms with Gasteiger partial charge in [-0.05, 0) is 32.0 Å². The van der Waals surface area contributed by atoms with Gasteiger partial charge in [-0.3, -0.25) is 19.4 Å². The third kappa shape index (κ3) is 5.22. The zero-order valence-electron chi connectivity index (χ0n) is 20.6. The Balaban J connectivity index is 1.18. The van der Waals surface area contributed by atoms with Crippen LogP contribution in [0.2, 0.25) is 0 Å². The molecule has 0 aliphatic carbocycles. The molecule has 2 saturated heterocycles. The standard InChI is InChI=1S/C26H34N4O5/c1-19-15-22(20(2)30(19)21-3-4-24-25(16-21)35-14-13-34-24)23(31)17-27-5-7-28(8-6-27)18-26(32)29-9-11-33-12-10-29/h3-4,15-16H,5-14,17-18H2,1-2H3. The Morgan fingerprint density at radius 2 is 1.46 bits per heavy atom. The van der Waals surface area contributed by atoms with Crippen molar-refractivity contribution in [3.63, 3.8) is 0 Å². The summed E-state index contributed by atoms with van der Waals surface area (Å²) in [5.41, 5.74) is 3.65. The van der Waals surface area contributed by atoms with Gasteiger partial charge < -0.3 is 23.7 Å². The third-order valence-electron chi connectivity index (χ3n) is 7.07. The molecule has 188 valence electrons. The van der Waals surface area contributed by atoms with E-state index in [-0.39, 0.29) is 11.7 Å². The second kappa shape index (κ2) is 10.4. The number of nitrogens with zero attached hydrogens (tertiary/aromatic N) is 4. The number of carbonyl (C=O) groups excluding carboxylic acids is 2. The Kier molecular flexibility index (Phi) is 7.08. The number of hydrogen-bond acceptors (Lipinski definition) is 7. The van der Waals surface area contributed by atoms with Gasteiger partial charge in [-0.2, -0.15) is 0 Å². The number of hydrogen-bond donors (Lipinski definition) is 0.